The summed E-state index contributed by atoms with van der Waals surface area (Å²) in [5.41, 5.74) is 1.29. The molecule has 0 aromatic carbocycles. The van der Waals surface area contributed by atoms with Crippen molar-refractivity contribution >= 4 is 24.0 Å². The molecule has 0 aromatic heterocycles. The van der Waals surface area contributed by atoms with Gasteiger partial charge in [-0.2, -0.15) is 0 Å². The molecule has 0 N–H and O–H groups in total. The van der Waals surface area contributed by atoms with E-state index in [1.54, 1.807) is 13.0 Å². The van der Waals surface area contributed by atoms with Gasteiger partial charge in [0.1, 0.15) is 6.29 Å². The fourth-order valence-electron chi connectivity index (χ4n) is 0.695. The Bertz CT molecular complexity index is 194. The monoisotopic (exact) mass is 205 g/mol. The van der Waals surface area contributed by atoms with Gasteiger partial charge in [0, 0.05) is 12.1 Å². The van der Waals surface area contributed by atoms with Crippen LogP contribution in [-0.2, 0) is 9.53 Å². The van der Waals surface area contributed by atoms with Gasteiger partial charge >= 0.3 is 6.09 Å². The highest BCUT2D eigenvalue weighted by molar-refractivity contribution is 6.25. The normalized spacial score (nSPS) is 10.0. The molecule has 0 heterocycles. The summed E-state index contributed by atoms with van der Waals surface area (Å²) in [5.74, 6) is 0. The summed E-state index contributed by atoms with van der Waals surface area (Å²) in [5, 5.41) is 0. The number of aldehydes is 1. The molecule has 1 amide bonds. The Morgan fingerprint density at radius 1 is 1.54 bits per heavy atom. The predicted molar refractivity (Wildman–Crippen MR) is 49.7 cm³/mol. The Labute approximate surface area is 82.1 Å². The minimum absolute atomic E-state index is 0.0140. The number of nitrogens with zero attached hydrogens (tertiary/aromatic N) is 1. The smallest absolute Gasteiger partial charge is 0.410 e. The van der Waals surface area contributed by atoms with Gasteiger partial charge in [-0.1, -0.05) is 17.7 Å². The maximum Gasteiger partial charge on any atom is 0.410 e. The van der Waals surface area contributed by atoms with E-state index in [0.29, 0.717) is 12.9 Å². The van der Waals surface area contributed by atoms with Gasteiger partial charge in [0.05, 0.1) is 13.2 Å². The molecule has 4 nitrogen and oxygen atoms in total. The number of amides is 1. The maximum atomic E-state index is 11.1. The van der Waals surface area contributed by atoms with E-state index in [0.717, 1.165) is 0 Å². The fraction of sp³-hybridized carbons (Fsp3) is 0.500. The van der Waals surface area contributed by atoms with E-state index < -0.39 is 6.09 Å². The Hall–Kier alpha value is -1.03. The van der Waals surface area contributed by atoms with Gasteiger partial charge in [0.25, 0.3) is 0 Å². The summed E-state index contributed by atoms with van der Waals surface area (Å²) in [7, 11) is 0. The highest BCUT2D eigenvalue weighted by Crippen LogP contribution is 1.94. The van der Waals surface area contributed by atoms with Gasteiger partial charge in [0.2, 0.25) is 0 Å². The lowest BCUT2D eigenvalue weighted by Crippen LogP contribution is -2.33. The largest absolute Gasteiger partial charge is 0.450 e. The van der Waals surface area contributed by atoms with Gasteiger partial charge in [-0.25, -0.2) is 4.79 Å². The van der Waals surface area contributed by atoms with Crippen LogP contribution in [-0.4, -0.2) is 37.0 Å². The summed E-state index contributed by atoms with van der Waals surface area (Å²) in [4.78, 5) is 22.5. The van der Waals surface area contributed by atoms with Crippen LogP contribution in [0.25, 0.3) is 0 Å². The Morgan fingerprint density at radius 2 is 2.23 bits per heavy atom. The molecule has 0 atom stereocenters. The highest BCUT2D eigenvalue weighted by atomic mass is 35.5. The molecular formula is C8H12ClNO3. The van der Waals surface area contributed by atoms with E-state index in [2.05, 4.69) is 0 Å². The van der Waals surface area contributed by atoms with Crippen molar-refractivity contribution in [2.45, 2.75) is 6.92 Å². The number of hydrogen-bond acceptors (Lipinski definition) is 3. The van der Waals surface area contributed by atoms with Crippen LogP contribution in [0.4, 0.5) is 4.79 Å². The van der Waals surface area contributed by atoms with Crippen LogP contribution in [0.1, 0.15) is 6.92 Å². The summed E-state index contributed by atoms with van der Waals surface area (Å²) in [6, 6.07) is 0. The molecule has 5 heteroatoms. The van der Waals surface area contributed by atoms with E-state index in [4.69, 9.17) is 16.3 Å². The zero-order valence-corrected chi connectivity index (χ0v) is 8.16. The van der Waals surface area contributed by atoms with Crippen LogP contribution < -0.4 is 0 Å². The number of ether oxygens (including phenoxy) is 1. The number of hydrogen-bond donors (Lipinski definition) is 0. The van der Waals surface area contributed by atoms with Crippen molar-refractivity contribution in [3.8, 4) is 0 Å². The fourth-order valence-corrected chi connectivity index (χ4v) is 0.775. The Balaban J connectivity index is 4.05. The summed E-state index contributed by atoms with van der Waals surface area (Å²) in [6.45, 7) is 2.29. The number of rotatable bonds is 5. The SMILES string of the molecule is CCOC(=O)N(CC=O)C/C=C/Cl. The molecule has 0 aliphatic rings. The van der Waals surface area contributed by atoms with Crippen LogP contribution in [0.15, 0.2) is 11.6 Å². The molecule has 0 rings (SSSR count). The first-order valence-electron chi connectivity index (χ1n) is 3.86. The lowest BCUT2D eigenvalue weighted by Gasteiger charge is -2.16. The third-order valence-electron chi connectivity index (χ3n) is 1.24. The van der Waals surface area contributed by atoms with Gasteiger partial charge < -0.3 is 9.53 Å². The van der Waals surface area contributed by atoms with Crippen molar-refractivity contribution < 1.29 is 14.3 Å². The van der Waals surface area contributed by atoms with Crippen molar-refractivity contribution in [3.63, 3.8) is 0 Å². The second-order valence-corrected chi connectivity index (χ2v) is 2.38. The van der Waals surface area contributed by atoms with E-state index in [1.807, 2.05) is 0 Å². The molecule has 74 valence electrons. The van der Waals surface area contributed by atoms with Gasteiger partial charge in [-0.15, -0.1) is 0 Å². The van der Waals surface area contributed by atoms with Crippen molar-refractivity contribution in [3.05, 3.63) is 11.6 Å². The lowest BCUT2D eigenvalue weighted by atomic mass is 10.5. The summed E-state index contributed by atoms with van der Waals surface area (Å²) in [6.07, 6.45) is 1.69. The molecule has 0 aliphatic carbocycles. The molecule has 0 radical (unpaired) electrons. The Morgan fingerprint density at radius 3 is 2.69 bits per heavy atom. The van der Waals surface area contributed by atoms with Gasteiger partial charge in [-0.3, -0.25) is 4.90 Å². The van der Waals surface area contributed by atoms with Crippen LogP contribution >= 0.6 is 11.6 Å². The first kappa shape index (κ1) is 12.0. The first-order chi connectivity index (χ1) is 6.26. The minimum Gasteiger partial charge on any atom is -0.450 e. The highest BCUT2D eigenvalue weighted by Gasteiger charge is 2.11. The zero-order valence-electron chi connectivity index (χ0n) is 7.40. The molecule has 13 heavy (non-hydrogen) atoms. The Kier molecular flexibility index (Phi) is 7.01. The third kappa shape index (κ3) is 5.25. The van der Waals surface area contributed by atoms with Crippen LogP contribution in [0.5, 0.6) is 0 Å². The first-order valence-corrected chi connectivity index (χ1v) is 4.30. The van der Waals surface area contributed by atoms with Gasteiger partial charge in [0.15, 0.2) is 0 Å². The van der Waals surface area contributed by atoms with Crippen molar-refractivity contribution in [2.24, 2.45) is 0 Å². The van der Waals surface area contributed by atoms with Crippen LogP contribution in [0.3, 0.4) is 0 Å². The maximum absolute atomic E-state index is 11.1. The molecule has 0 spiro atoms. The minimum atomic E-state index is -0.510. The standard InChI is InChI=1S/C8H12ClNO3/c1-2-13-8(12)10(6-7-11)5-3-4-9/h3-4,7H,2,5-6H2,1H3/b4-3+. The molecule has 0 fully saturated rings. The summed E-state index contributed by atoms with van der Waals surface area (Å²) < 4.78 is 4.70. The van der Waals surface area contributed by atoms with E-state index >= 15 is 0 Å². The van der Waals surface area contributed by atoms with E-state index in [-0.39, 0.29) is 13.1 Å². The molecule has 0 aromatic rings. The molecule has 0 saturated heterocycles. The zero-order chi connectivity index (χ0) is 10.1. The average Bonchev–Trinajstić information content (AvgIpc) is 2.12. The quantitative estimate of drug-likeness (QED) is 0.638. The van der Waals surface area contributed by atoms with Crippen LogP contribution in [0, 0.1) is 0 Å². The van der Waals surface area contributed by atoms with Crippen LogP contribution in [0.2, 0.25) is 0 Å². The number of carbonyl (C=O) groups is 2. The average molecular weight is 206 g/mol. The number of carbonyl (C=O) groups excluding carboxylic acids is 2. The van der Waals surface area contributed by atoms with Crippen molar-refractivity contribution in [2.75, 3.05) is 19.7 Å². The van der Waals surface area contributed by atoms with Crippen molar-refractivity contribution in [1.29, 1.82) is 0 Å². The van der Waals surface area contributed by atoms with E-state index in [1.165, 1.54) is 10.4 Å². The topological polar surface area (TPSA) is 46.6 Å². The van der Waals surface area contributed by atoms with Gasteiger partial charge in [-0.05, 0) is 6.92 Å². The molecule has 0 bridgehead atoms. The molecule has 0 unspecified atom stereocenters. The summed E-state index contributed by atoms with van der Waals surface area (Å²) >= 11 is 5.28. The van der Waals surface area contributed by atoms with Crippen molar-refractivity contribution in [1.82, 2.24) is 4.90 Å². The molecular weight excluding hydrogens is 194 g/mol. The number of halogens is 1. The predicted octanol–water partition coefficient (Wildman–Crippen LogP) is 1.40. The second kappa shape index (κ2) is 7.61. The molecule has 0 saturated carbocycles. The third-order valence-corrected chi connectivity index (χ3v) is 1.41. The van der Waals surface area contributed by atoms with E-state index in [9.17, 15) is 9.59 Å². The lowest BCUT2D eigenvalue weighted by molar-refractivity contribution is -0.108. The molecule has 0 aliphatic heterocycles. The second-order valence-electron chi connectivity index (χ2n) is 2.13.